The quantitative estimate of drug-likeness (QED) is 0.0787. The molecule has 4 aromatic rings. The number of hydrogen-bond donors (Lipinski definition) is 1. The molecule has 0 radical (unpaired) electrons. The lowest BCUT2D eigenvalue weighted by Gasteiger charge is -2.25. The second kappa shape index (κ2) is 13.7. The van der Waals surface area contributed by atoms with Crippen molar-refractivity contribution < 1.29 is 8.85 Å². The van der Waals surface area contributed by atoms with E-state index in [9.17, 15) is 0 Å². The highest BCUT2D eigenvalue weighted by atomic mass is 31.2. The van der Waals surface area contributed by atoms with Crippen LogP contribution in [0.1, 0.15) is 0 Å². The third-order valence-corrected chi connectivity index (χ3v) is 16.2. The molecule has 0 aromatic heterocycles. The lowest BCUT2D eigenvalue weighted by atomic mass is 10.4. The van der Waals surface area contributed by atoms with Gasteiger partial charge in [-0.15, -0.1) is 0 Å². The predicted molar refractivity (Wildman–Crippen MR) is 187 cm³/mol. The first-order valence-corrected chi connectivity index (χ1v) is 24.4. The Morgan fingerprint density at radius 3 is 1.29 bits per heavy atom. The summed E-state index contributed by atoms with van der Waals surface area (Å²) in [4.78, 5) is 0. The van der Waals surface area contributed by atoms with Crippen LogP contribution >= 0.6 is 14.1 Å². The number of benzene rings is 4. The number of hydrogen-bond acceptors (Lipinski definition) is 4. The molecule has 214 valence electrons. The second-order valence-electron chi connectivity index (χ2n) is 11.8. The average Bonchev–Trinajstić information content (AvgIpc) is 2.96. The molecular formula is C33H43N2O2P2Si2+. The van der Waals surface area contributed by atoms with Gasteiger partial charge in [0.15, 0.2) is 16.6 Å². The van der Waals surface area contributed by atoms with Crippen molar-refractivity contribution >= 4 is 57.5 Å². The Kier molecular flexibility index (Phi) is 10.6. The second-order valence-corrected chi connectivity index (χ2v) is 26.9. The molecule has 41 heavy (non-hydrogen) atoms. The first kappa shape index (κ1) is 31.6. The van der Waals surface area contributed by atoms with E-state index >= 15 is 0 Å². The summed E-state index contributed by atoms with van der Waals surface area (Å²) >= 11 is 0. The molecule has 4 rings (SSSR count). The van der Waals surface area contributed by atoms with E-state index in [1.807, 2.05) is 0 Å². The summed E-state index contributed by atoms with van der Waals surface area (Å²) in [6.07, 6.45) is 0. The molecule has 0 saturated carbocycles. The van der Waals surface area contributed by atoms with Crippen LogP contribution in [0.4, 0.5) is 0 Å². The third kappa shape index (κ3) is 8.35. The van der Waals surface area contributed by atoms with E-state index in [-0.39, 0.29) is 0 Å². The fraction of sp³-hybridized carbons (Fsp3) is 0.242. The standard InChI is InChI=1S/C33H43N2O2P2Si2/c1-40(2,3)36-27-34-38(30-19-11-7-12-20-30,31-21-13-8-14-22-31)29-39(32-23-15-9-16-24-32,33-25-17-10-18-26-33)35-28-37-41(4,5)6/h7-26,34H,27-28H2,1-6H3/q+1. The molecule has 0 unspecified atom stereocenters. The van der Waals surface area contributed by atoms with Crippen molar-refractivity contribution in [3.63, 3.8) is 0 Å². The molecule has 0 amide bonds. The van der Waals surface area contributed by atoms with E-state index in [0.717, 1.165) is 10.6 Å². The maximum Gasteiger partial charge on any atom is 0.279 e. The largest absolute Gasteiger partial charge is 0.405 e. The van der Waals surface area contributed by atoms with Gasteiger partial charge >= 0.3 is 0 Å². The zero-order chi connectivity index (χ0) is 29.4. The van der Waals surface area contributed by atoms with Crippen LogP contribution in [0.25, 0.3) is 0 Å². The molecule has 0 aliphatic carbocycles. The molecule has 0 heterocycles. The maximum absolute atomic E-state index is 6.46. The van der Waals surface area contributed by atoms with Crippen LogP contribution in [0, 0.1) is 0 Å². The Morgan fingerprint density at radius 1 is 0.561 bits per heavy atom. The molecule has 4 nitrogen and oxygen atoms in total. The lowest BCUT2D eigenvalue weighted by Crippen LogP contribution is -2.36. The molecule has 0 fully saturated rings. The van der Waals surface area contributed by atoms with E-state index < -0.39 is 30.7 Å². The molecular weight excluding hydrogens is 574 g/mol. The van der Waals surface area contributed by atoms with E-state index in [1.165, 1.54) is 10.6 Å². The van der Waals surface area contributed by atoms with Gasteiger partial charge in [-0.1, -0.05) is 72.8 Å². The molecule has 0 aliphatic heterocycles. The van der Waals surface area contributed by atoms with Gasteiger partial charge in [0.1, 0.15) is 6.73 Å². The highest BCUT2D eigenvalue weighted by Crippen LogP contribution is 2.54. The number of nitrogens with one attached hydrogen (secondary N) is 1. The van der Waals surface area contributed by atoms with Gasteiger partial charge in [0.25, 0.3) is 12.6 Å². The summed E-state index contributed by atoms with van der Waals surface area (Å²) in [5.41, 5.74) is 4.33. The van der Waals surface area contributed by atoms with Crippen molar-refractivity contribution in [2.24, 2.45) is 4.74 Å². The van der Waals surface area contributed by atoms with Crippen molar-refractivity contribution in [3.05, 3.63) is 121 Å². The molecule has 0 atom stereocenters. The highest BCUT2D eigenvalue weighted by Gasteiger charge is 2.45. The van der Waals surface area contributed by atoms with Crippen LogP contribution in [0.5, 0.6) is 0 Å². The first-order chi connectivity index (χ1) is 19.5. The van der Waals surface area contributed by atoms with Gasteiger partial charge in [-0.05, 0) is 87.8 Å². The van der Waals surface area contributed by atoms with Crippen LogP contribution in [-0.4, -0.2) is 35.6 Å². The minimum Gasteiger partial charge on any atom is -0.405 e. The van der Waals surface area contributed by atoms with E-state index in [2.05, 4.69) is 171 Å². The molecule has 0 aliphatic rings. The van der Waals surface area contributed by atoms with Crippen molar-refractivity contribution in [3.8, 4) is 0 Å². The summed E-state index contributed by atoms with van der Waals surface area (Å²) < 4.78 is 18.4. The average molecular weight is 618 g/mol. The van der Waals surface area contributed by atoms with Crippen molar-refractivity contribution in [2.75, 3.05) is 13.5 Å². The normalized spacial score (nSPS) is 12.5. The van der Waals surface area contributed by atoms with Crippen LogP contribution in [0.3, 0.4) is 0 Å². The van der Waals surface area contributed by atoms with Gasteiger partial charge in [0, 0.05) is 21.2 Å². The van der Waals surface area contributed by atoms with Gasteiger partial charge in [0.2, 0.25) is 7.04 Å². The van der Waals surface area contributed by atoms with Gasteiger partial charge in [-0.3, -0.25) is 0 Å². The molecule has 1 N–H and O–H groups in total. The number of nitrogens with zero attached hydrogens (tertiary/aromatic N) is 1. The monoisotopic (exact) mass is 617 g/mol. The molecule has 4 aromatic carbocycles. The summed E-state index contributed by atoms with van der Waals surface area (Å²) in [6.45, 7) is 14.1. The van der Waals surface area contributed by atoms with Crippen LogP contribution in [0.2, 0.25) is 39.3 Å². The summed E-state index contributed by atoms with van der Waals surface area (Å²) in [5, 5.41) is 8.69. The summed E-state index contributed by atoms with van der Waals surface area (Å²) in [6, 6.07) is 42.9. The molecule has 0 saturated heterocycles. The minimum atomic E-state index is -2.61. The molecule has 8 heteroatoms. The SMILES string of the molecule is C[Si](C)(C)OCN=P([C+]=P(NCO[Si](C)(C)C)(c1ccccc1)c1ccccc1)(c1ccccc1)c1ccccc1. The van der Waals surface area contributed by atoms with Crippen molar-refractivity contribution in [2.45, 2.75) is 39.3 Å². The highest BCUT2D eigenvalue weighted by molar-refractivity contribution is 8.07. The van der Waals surface area contributed by atoms with E-state index in [1.54, 1.807) is 0 Å². The van der Waals surface area contributed by atoms with Gasteiger partial charge in [-0.25, -0.2) is 9.83 Å². The van der Waals surface area contributed by atoms with Gasteiger partial charge < -0.3 is 8.85 Å². The van der Waals surface area contributed by atoms with Gasteiger partial charge in [0.05, 0.1) is 6.73 Å². The Hall–Kier alpha value is -2.37. The molecule has 0 spiro atoms. The van der Waals surface area contributed by atoms with Crippen molar-refractivity contribution in [1.82, 2.24) is 5.09 Å². The minimum absolute atomic E-state index is 0.329. The number of rotatable bonds is 12. The Morgan fingerprint density at radius 2 is 0.927 bits per heavy atom. The Bertz CT molecular complexity index is 1400. The summed E-state index contributed by atoms with van der Waals surface area (Å²) in [7, 11) is -8.72. The fourth-order valence-corrected chi connectivity index (χ4v) is 13.9. The smallest absolute Gasteiger partial charge is 0.279 e. The zero-order valence-electron chi connectivity index (χ0n) is 25.1. The van der Waals surface area contributed by atoms with Gasteiger partial charge in [-0.2, -0.15) is 0 Å². The van der Waals surface area contributed by atoms with Crippen LogP contribution in [0.15, 0.2) is 126 Å². The Balaban J connectivity index is 2.14. The zero-order valence-corrected chi connectivity index (χ0v) is 28.9. The van der Waals surface area contributed by atoms with Crippen LogP contribution < -0.4 is 26.3 Å². The Labute approximate surface area is 249 Å². The van der Waals surface area contributed by atoms with Crippen molar-refractivity contribution in [1.29, 1.82) is 0 Å². The third-order valence-electron chi connectivity index (χ3n) is 6.42. The first-order valence-electron chi connectivity index (χ1n) is 14.1. The van der Waals surface area contributed by atoms with E-state index in [0.29, 0.717) is 13.5 Å². The van der Waals surface area contributed by atoms with E-state index in [4.69, 9.17) is 13.6 Å². The lowest BCUT2D eigenvalue weighted by molar-refractivity contribution is 0.308. The summed E-state index contributed by atoms with van der Waals surface area (Å²) in [5.74, 6) is 0. The topological polar surface area (TPSA) is 42.8 Å². The molecule has 0 bridgehead atoms. The van der Waals surface area contributed by atoms with Crippen LogP contribution in [-0.2, 0) is 8.85 Å². The fourth-order valence-electron chi connectivity index (χ4n) is 4.40. The maximum atomic E-state index is 6.46. The predicted octanol–water partition coefficient (Wildman–Crippen LogP) is 7.27.